The number of hydrogen-bond acceptors (Lipinski definition) is 5. The standard InChI is InChI=1S/C19H24N6O2/c1-13-18(22-23-25(13)14-8-10-20-11-9-14)19(27)21-15-5-2-3-6-16(15)24-12-4-7-17(24)26/h2-3,5-6,14,20H,4,7-12H2,1H3,(H,21,27). The molecule has 0 aliphatic carbocycles. The number of amides is 2. The molecule has 0 radical (unpaired) electrons. The first kappa shape index (κ1) is 17.7. The predicted molar refractivity (Wildman–Crippen MR) is 102 cm³/mol. The summed E-state index contributed by atoms with van der Waals surface area (Å²) in [7, 11) is 0. The molecule has 27 heavy (non-hydrogen) atoms. The van der Waals surface area contributed by atoms with Crippen LogP contribution in [0.2, 0.25) is 0 Å². The van der Waals surface area contributed by atoms with E-state index in [9.17, 15) is 9.59 Å². The van der Waals surface area contributed by atoms with Gasteiger partial charge < -0.3 is 15.5 Å². The van der Waals surface area contributed by atoms with Gasteiger partial charge in [-0.15, -0.1) is 5.10 Å². The number of carbonyl (C=O) groups is 2. The van der Waals surface area contributed by atoms with Crippen LogP contribution in [0.4, 0.5) is 11.4 Å². The van der Waals surface area contributed by atoms with E-state index in [1.807, 2.05) is 35.9 Å². The lowest BCUT2D eigenvalue weighted by Crippen LogP contribution is -2.30. The van der Waals surface area contributed by atoms with Gasteiger partial charge in [-0.1, -0.05) is 17.3 Å². The summed E-state index contributed by atoms with van der Waals surface area (Å²) in [5.41, 5.74) is 2.45. The molecule has 2 N–H and O–H groups in total. The Kier molecular flexibility index (Phi) is 4.89. The number of carbonyl (C=O) groups excluding carboxylic acids is 2. The van der Waals surface area contributed by atoms with Gasteiger partial charge in [-0.05, 0) is 51.4 Å². The Morgan fingerprint density at radius 1 is 1.26 bits per heavy atom. The van der Waals surface area contributed by atoms with Crippen LogP contribution in [-0.4, -0.2) is 46.4 Å². The molecule has 3 heterocycles. The summed E-state index contributed by atoms with van der Waals surface area (Å²) >= 11 is 0. The molecule has 0 atom stereocenters. The van der Waals surface area contributed by atoms with Crippen LogP contribution in [0, 0.1) is 6.92 Å². The van der Waals surface area contributed by atoms with Crippen molar-refractivity contribution in [2.24, 2.45) is 0 Å². The molecular weight excluding hydrogens is 344 g/mol. The van der Waals surface area contributed by atoms with Gasteiger partial charge in [-0.25, -0.2) is 4.68 Å². The second-order valence-corrected chi connectivity index (χ2v) is 7.07. The molecule has 4 rings (SSSR count). The highest BCUT2D eigenvalue weighted by molar-refractivity contribution is 6.07. The van der Waals surface area contributed by atoms with E-state index in [0.29, 0.717) is 24.3 Å². The van der Waals surface area contributed by atoms with Crippen molar-refractivity contribution in [3.8, 4) is 0 Å². The molecule has 0 saturated carbocycles. The minimum atomic E-state index is -0.299. The van der Waals surface area contributed by atoms with Crippen LogP contribution >= 0.6 is 0 Å². The smallest absolute Gasteiger partial charge is 0.278 e. The quantitative estimate of drug-likeness (QED) is 0.860. The number of nitrogens with zero attached hydrogens (tertiary/aromatic N) is 4. The normalized spacial score (nSPS) is 18.1. The topological polar surface area (TPSA) is 92.2 Å². The van der Waals surface area contributed by atoms with Gasteiger partial charge in [0.2, 0.25) is 5.91 Å². The van der Waals surface area contributed by atoms with Crippen molar-refractivity contribution in [3.05, 3.63) is 35.7 Å². The molecule has 2 aromatic rings. The van der Waals surface area contributed by atoms with Crippen LogP contribution in [0.3, 0.4) is 0 Å². The van der Waals surface area contributed by atoms with Crippen LogP contribution in [0.15, 0.2) is 24.3 Å². The van der Waals surface area contributed by atoms with Crippen molar-refractivity contribution in [2.45, 2.75) is 38.6 Å². The highest BCUT2D eigenvalue weighted by Crippen LogP contribution is 2.30. The number of hydrogen-bond donors (Lipinski definition) is 2. The Morgan fingerprint density at radius 2 is 2.04 bits per heavy atom. The lowest BCUT2D eigenvalue weighted by atomic mass is 10.1. The average Bonchev–Trinajstić information content (AvgIpc) is 3.28. The number of anilines is 2. The fourth-order valence-corrected chi connectivity index (χ4v) is 3.85. The monoisotopic (exact) mass is 368 g/mol. The van der Waals surface area contributed by atoms with Gasteiger partial charge in [0.15, 0.2) is 5.69 Å². The zero-order valence-electron chi connectivity index (χ0n) is 15.4. The maximum absolute atomic E-state index is 12.8. The van der Waals surface area contributed by atoms with E-state index in [-0.39, 0.29) is 17.9 Å². The molecule has 0 unspecified atom stereocenters. The largest absolute Gasteiger partial charge is 0.319 e. The number of benzene rings is 1. The molecule has 2 aliphatic heterocycles. The summed E-state index contributed by atoms with van der Waals surface area (Å²) in [5, 5.41) is 14.6. The second kappa shape index (κ2) is 7.48. The third-order valence-corrected chi connectivity index (χ3v) is 5.31. The molecule has 2 saturated heterocycles. The number of aromatic nitrogens is 3. The van der Waals surface area contributed by atoms with Crippen molar-refractivity contribution >= 4 is 23.2 Å². The highest BCUT2D eigenvalue weighted by atomic mass is 16.2. The summed E-state index contributed by atoms with van der Waals surface area (Å²) in [6, 6.07) is 7.66. The molecule has 142 valence electrons. The average molecular weight is 368 g/mol. The van der Waals surface area contributed by atoms with E-state index in [1.165, 1.54) is 0 Å². The minimum absolute atomic E-state index is 0.0877. The van der Waals surface area contributed by atoms with Gasteiger partial charge in [-0.2, -0.15) is 0 Å². The second-order valence-electron chi connectivity index (χ2n) is 7.07. The summed E-state index contributed by atoms with van der Waals surface area (Å²) in [6.07, 6.45) is 3.34. The van der Waals surface area contributed by atoms with Gasteiger partial charge in [0.25, 0.3) is 5.91 Å². The van der Waals surface area contributed by atoms with Gasteiger partial charge >= 0.3 is 0 Å². The first-order chi connectivity index (χ1) is 13.1. The molecule has 0 bridgehead atoms. The van der Waals surface area contributed by atoms with Crippen molar-refractivity contribution in [2.75, 3.05) is 29.9 Å². The van der Waals surface area contributed by atoms with E-state index >= 15 is 0 Å². The molecule has 8 heteroatoms. The lowest BCUT2D eigenvalue weighted by Gasteiger charge is -2.23. The van der Waals surface area contributed by atoms with E-state index < -0.39 is 0 Å². The van der Waals surface area contributed by atoms with E-state index in [2.05, 4.69) is 20.9 Å². The van der Waals surface area contributed by atoms with Gasteiger partial charge in [0.1, 0.15) is 0 Å². The molecule has 8 nitrogen and oxygen atoms in total. The fourth-order valence-electron chi connectivity index (χ4n) is 3.85. The highest BCUT2D eigenvalue weighted by Gasteiger charge is 2.26. The van der Waals surface area contributed by atoms with Crippen molar-refractivity contribution in [1.82, 2.24) is 20.3 Å². The summed E-state index contributed by atoms with van der Waals surface area (Å²) in [4.78, 5) is 26.7. The Hall–Kier alpha value is -2.74. The Balaban J connectivity index is 1.55. The Bertz CT molecular complexity index is 856. The Labute approximate surface area is 157 Å². The lowest BCUT2D eigenvalue weighted by molar-refractivity contribution is -0.117. The maximum Gasteiger partial charge on any atom is 0.278 e. The van der Waals surface area contributed by atoms with Gasteiger partial charge in [-0.3, -0.25) is 9.59 Å². The van der Waals surface area contributed by atoms with Gasteiger partial charge in [0.05, 0.1) is 23.1 Å². The Morgan fingerprint density at radius 3 is 2.78 bits per heavy atom. The van der Waals surface area contributed by atoms with Gasteiger partial charge in [0, 0.05) is 13.0 Å². The number of nitrogens with one attached hydrogen (secondary N) is 2. The van der Waals surface area contributed by atoms with Crippen molar-refractivity contribution in [1.29, 1.82) is 0 Å². The number of rotatable bonds is 4. The molecule has 1 aromatic heterocycles. The third kappa shape index (κ3) is 3.44. The zero-order chi connectivity index (χ0) is 18.8. The molecule has 2 fully saturated rings. The van der Waals surface area contributed by atoms with Crippen LogP contribution < -0.4 is 15.5 Å². The zero-order valence-corrected chi connectivity index (χ0v) is 15.4. The van der Waals surface area contributed by atoms with Crippen LogP contribution in [-0.2, 0) is 4.79 Å². The maximum atomic E-state index is 12.8. The van der Waals surface area contributed by atoms with Crippen LogP contribution in [0.1, 0.15) is 47.9 Å². The molecule has 1 aromatic carbocycles. The van der Waals surface area contributed by atoms with Crippen molar-refractivity contribution < 1.29 is 9.59 Å². The summed E-state index contributed by atoms with van der Waals surface area (Å²) in [5.74, 6) is -0.212. The first-order valence-corrected chi connectivity index (χ1v) is 9.48. The summed E-state index contributed by atoms with van der Waals surface area (Å²) < 4.78 is 1.87. The third-order valence-electron chi connectivity index (χ3n) is 5.31. The minimum Gasteiger partial charge on any atom is -0.319 e. The van der Waals surface area contributed by atoms with Crippen molar-refractivity contribution in [3.63, 3.8) is 0 Å². The molecule has 0 spiro atoms. The van der Waals surface area contributed by atoms with Crippen LogP contribution in [0.25, 0.3) is 0 Å². The molecule has 2 amide bonds. The number of piperidine rings is 1. The predicted octanol–water partition coefficient (Wildman–Crippen LogP) is 1.89. The van der Waals surface area contributed by atoms with E-state index in [1.54, 1.807) is 4.90 Å². The fraction of sp³-hybridized carbons (Fsp3) is 0.474. The first-order valence-electron chi connectivity index (χ1n) is 9.48. The SMILES string of the molecule is Cc1c(C(=O)Nc2ccccc2N2CCCC2=O)nnn1C1CCNCC1. The van der Waals surface area contributed by atoms with Crippen LogP contribution in [0.5, 0.6) is 0 Å². The molecule has 2 aliphatic rings. The van der Waals surface area contributed by atoms with E-state index in [0.717, 1.165) is 43.7 Å². The summed E-state index contributed by atoms with van der Waals surface area (Å²) in [6.45, 7) is 4.45. The number of para-hydroxylation sites is 2. The molecular formula is C19H24N6O2. The van der Waals surface area contributed by atoms with E-state index in [4.69, 9.17) is 0 Å².